The molecule has 1 aromatic carbocycles. The summed E-state index contributed by atoms with van der Waals surface area (Å²) in [6.45, 7) is 0. The normalized spacial score (nSPS) is 13.4. The molecule has 0 amide bonds. The molecular formula is C19H28O5. The van der Waals surface area contributed by atoms with Crippen molar-refractivity contribution in [2.24, 2.45) is 5.92 Å². The highest BCUT2D eigenvalue weighted by Crippen LogP contribution is 2.33. The Labute approximate surface area is 143 Å². The van der Waals surface area contributed by atoms with Gasteiger partial charge in [-0.3, -0.25) is 9.59 Å². The highest BCUT2D eigenvalue weighted by Gasteiger charge is 2.23. The quantitative estimate of drug-likeness (QED) is 0.525. The van der Waals surface area contributed by atoms with Crippen molar-refractivity contribution in [3.05, 3.63) is 35.9 Å². The molecule has 1 aromatic rings. The van der Waals surface area contributed by atoms with Crippen LogP contribution in [0.5, 0.6) is 0 Å². The Kier molecular flexibility index (Phi) is 9.77. The lowest BCUT2D eigenvalue weighted by molar-refractivity contribution is -0.138. The number of benzene rings is 1. The van der Waals surface area contributed by atoms with Gasteiger partial charge in [0, 0.05) is 20.0 Å². The van der Waals surface area contributed by atoms with E-state index < -0.39 is 11.9 Å². The Morgan fingerprint density at radius 3 is 2.12 bits per heavy atom. The fourth-order valence-corrected chi connectivity index (χ4v) is 3.04. The van der Waals surface area contributed by atoms with Crippen LogP contribution in [0.3, 0.4) is 0 Å². The molecule has 0 heterocycles. The van der Waals surface area contributed by atoms with Crippen molar-refractivity contribution in [1.29, 1.82) is 0 Å². The molecule has 1 rings (SSSR count). The summed E-state index contributed by atoms with van der Waals surface area (Å²) >= 11 is 0. The molecule has 0 aliphatic heterocycles. The molecular weight excluding hydrogens is 308 g/mol. The molecule has 2 unspecified atom stereocenters. The molecule has 0 saturated carbocycles. The van der Waals surface area contributed by atoms with Crippen molar-refractivity contribution < 1.29 is 24.5 Å². The van der Waals surface area contributed by atoms with Gasteiger partial charge in [0.15, 0.2) is 0 Å². The Balaban J connectivity index is 2.55. The molecule has 0 bridgehead atoms. The predicted molar refractivity (Wildman–Crippen MR) is 91.9 cm³/mol. The van der Waals surface area contributed by atoms with Crippen LogP contribution < -0.4 is 0 Å². The highest BCUT2D eigenvalue weighted by molar-refractivity contribution is 5.66. The molecule has 134 valence electrons. The smallest absolute Gasteiger partial charge is 0.303 e. The number of aliphatic carboxylic acids is 2. The Hall–Kier alpha value is -1.88. The average molecular weight is 336 g/mol. The Morgan fingerprint density at radius 2 is 1.54 bits per heavy atom. The number of ether oxygens (including phenoxy) is 1. The maximum absolute atomic E-state index is 10.9. The van der Waals surface area contributed by atoms with Crippen molar-refractivity contribution in [1.82, 2.24) is 0 Å². The summed E-state index contributed by atoms with van der Waals surface area (Å²) in [5, 5.41) is 17.6. The molecule has 0 aliphatic rings. The van der Waals surface area contributed by atoms with E-state index in [4.69, 9.17) is 14.9 Å². The van der Waals surface area contributed by atoms with Crippen molar-refractivity contribution in [2.75, 3.05) is 7.11 Å². The zero-order valence-electron chi connectivity index (χ0n) is 14.3. The molecule has 0 aliphatic carbocycles. The summed E-state index contributed by atoms with van der Waals surface area (Å²) in [6, 6.07) is 9.89. The minimum atomic E-state index is -0.788. The highest BCUT2D eigenvalue weighted by atomic mass is 16.5. The van der Waals surface area contributed by atoms with E-state index in [2.05, 4.69) is 0 Å². The minimum absolute atomic E-state index is 0.107. The van der Waals surface area contributed by atoms with Gasteiger partial charge < -0.3 is 14.9 Å². The zero-order chi connectivity index (χ0) is 17.8. The molecule has 0 fully saturated rings. The molecule has 24 heavy (non-hydrogen) atoms. The SMILES string of the molecule is COC(c1ccccc1)C(CCCCCCC(=O)O)CCC(=O)O. The predicted octanol–water partition coefficient (Wildman–Crippen LogP) is 4.28. The van der Waals surface area contributed by atoms with Gasteiger partial charge in [-0.1, -0.05) is 49.6 Å². The van der Waals surface area contributed by atoms with E-state index in [1.165, 1.54) is 0 Å². The summed E-state index contributed by atoms with van der Waals surface area (Å²) < 4.78 is 5.67. The van der Waals surface area contributed by atoms with E-state index in [9.17, 15) is 9.59 Å². The van der Waals surface area contributed by atoms with Crippen molar-refractivity contribution in [3.8, 4) is 0 Å². The van der Waals surface area contributed by atoms with E-state index in [-0.39, 0.29) is 24.9 Å². The molecule has 5 heteroatoms. The minimum Gasteiger partial charge on any atom is -0.481 e. The van der Waals surface area contributed by atoms with E-state index in [0.717, 1.165) is 31.2 Å². The van der Waals surface area contributed by atoms with E-state index in [1.54, 1.807) is 7.11 Å². The zero-order valence-corrected chi connectivity index (χ0v) is 14.3. The largest absolute Gasteiger partial charge is 0.481 e. The molecule has 0 spiro atoms. The standard InChI is InChI=1S/C19H28O5/c1-24-19(15-9-6-4-7-10-15)16(13-14-18(22)23)11-5-2-3-8-12-17(20)21/h4,6-7,9-10,16,19H,2-3,5,8,11-14H2,1H3,(H,20,21)(H,22,23). The van der Waals surface area contributed by atoms with Gasteiger partial charge in [-0.05, 0) is 30.7 Å². The molecule has 2 N–H and O–H groups in total. The third-order valence-corrected chi connectivity index (χ3v) is 4.25. The molecule has 0 radical (unpaired) electrons. The van der Waals surface area contributed by atoms with Crippen LogP contribution in [-0.4, -0.2) is 29.3 Å². The van der Waals surface area contributed by atoms with Crippen LogP contribution in [-0.2, 0) is 14.3 Å². The summed E-state index contributed by atoms with van der Waals surface area (Å²) in [5.74, 6) is -1.39. The monoisotopic (exact) mass is 336 g/mol. The van der Waals surface area contributed by atoms with Crippen LogP contribution in [0, 0.1) is 5.92 Å². The maximum Gasteiger partial charge on any atom is 0.303 e. The molecule has 0 aromatic heterocycles. The summed E-state index contributed by atoms with van der Waals surface area (Å²) in [6.07, 6.45) is 5.21. The second kappa shape index (κ2) is 11.6. The maximum atomic E-state index is 10.9. The second-order valence-corrected chi connectivity index (χ2v) is 6.11. The van der Waals surface area contributed by atoms with E-state index in [1.807, 2.05) is 30.3 Å². The van der Waals surface area contributed by atoms with Gasteiger partial charge in [0.05, 0.1) is 6.10 Å². The number of carbonyl (C=O) groups is 2. The lowest BCUT2D eigenvalue weighted by atomic mass is 9.87. The lowest BCUT2D eigenvalue weighted by Crippen LogP contribution is -2.17. The Morgan fingerprint density at radius 1 is 0.917 bits per heavy atom. The van der Waals surface area contributed by atoms with Gasteiger partial charge in [-0.2, -0.15) is 0 Å². The van der Waals surface area contributed by atoms with Gasteiger partial charge in [0.25, 0.3) is 0 Å². The van der Waals surface area contributed by atoms with Crippen LogP contribution >= 0.6 is 0 Å². The summed E-state index contributed by atoms with van der Waals surface area (Å²) in [5.41, 5.74) is 1.07. The first-order chi connectivity index (χ1) is 11.5. The van der Waals surface area contributed by atoms with Crippen LogP contribution in [0.15, 0.2) is 30.3 Å². The first-order valence-electron chi connectivity index (χ1n) is 8.56. The van der Waals surface area contributed by atoms with Crippen LogP contribution in [0.25, 0.3) is 0 Å². The molecule has 0 saturated heterocycles. The van der Waals surface area contributed by atoms with Gasteiger partial charge in [0.1, 0.15) is 0 Å². The van der Waals surface area contributed by atoms with E-state index >= 15 is 0 Å². The first-order valence-corrected chi connectivity index (χ1v) is 8.56. The third kappa shape index (κ3) is 8.11. The molecule has 5 nitrogen and oxygen atoms in total. The van der Waals surface area contributed by atoms with Gasteiger partial charge in [0.2, 0.25) is 0 Å². The fraction of sp³-hybridized carbons (Fsp3) is 0.579. The van der Waals surface area contributed by atoms with Crippen LogP contribution in [0.2, 0.25) is 0 Å². The summed E-state index contributed by atoms with van der Waals surface area (Å²) in [7, 11) is 1.66. The molecule has 2 atom stereocenters. The van der Waals surface area contributed by atoms with Gasteiger partial charge in [-0.25, -0.2) is 0 Å². The number of hydrogen-bond donors (Lipinski definition) is 2. The topological polar surface area (TPSA) is 83.8 Å². The number of carboxylic acid groups (broad SMARTS) is 2. The first kappa shape index (κ1) is 20.2. The fourth-order valence-electron chi connectivity index (χ4n) is 3.04. The average Bonchev–Trinajstić information content (AvgIpc) is 2.56. The summed E-state index contributed by atoms with van der Waals surface area (Å²) in [4.78, 5) is 21.4. The van der Waals surface area contributed by atoms with Crippen LogP contribution in [0.4, 0.5) is 0 Å². The Bertz CT molecular complexity index is 486. The number of unbranched alkanes of at least 4 members (excludes halogenated alkanes) is 3. The van der Waals surface area contributed by atoms with Crippen molar-refractivity contribution in [2.45, 2.75) is 57.5 Å². The van der Waals surface area contributed by atoms with Crippen molar-refractivity contribution >= 4 is 11.9 Å². The number of rotatable bonds is 13. The second-order valence-electron chi connectivity index (χ2n) is 6.11. The number of carboxylic acids is 2. The number of hydrogen-bond acceptors (Lipinski definition) is 3. The lowest BCUT2D eigenvalue weighted by Gasteiger charge is -2.26. The van der Waals surface area contributed by atoms with E-state index in [0.29, 0.717) is 12.8 Å². The van der Waals surface area contributed by atoms with Crippen LogP contribution in [0.1, 0.15) is 63.0 Å². The number of methoxy groups -OCH3 is 1. The van der Waals surface area contributed by atoms with Crippen molar-refractivity contribution in [3.63, 3.8) is 0 Å². The third-order valence-electron chi connectivity index (χ3n) is 4.25. The van der Waals surface area contributed by atoms with Gasteiger partial charge in [-0.15, -0.1) is 0 Å². The van der Waals surface area contributed by atoms with Gasteiger partial charge >= 0.3 is 11.9 Å².